The molecule has 3 rings (SSSR count). The summed E-state index contributed by atoms with van der Waals surface area (Å²) in [6.07, 6.45) is 0.197. The molecule has 0 bridgehead atoms. The van der Waals surface area contributed by atoms with Crippen molar-refractivity contribution >= 4 is 5.97 Å². The topological polar surface area (TPSA) is 115 Å². The van der Waals surface area contributed by atoms with Gasteiger partial charge in [0.1, 0.15) is 19.3 Å². The summed E-state index contributed by atoms with van der Waals surface area (Å²) >= 11 is 0. The predicted octanol–water partition coefficient (Wildman–Crippen LogP) is -0.127. The third-order valence-corrected chi connectivity index (χ3v) is 4.94. The van der Waals surface area contributed by atoms with E-state index >= 15 is 0 Å². The molecule has 0 amide bonds. The number of carbonyl (C=O) groups is 1. The number of rotatable bonds is 4. The van der Waals surface area contributed by atoms with Crippen molar-refractivity contribution < 1.29 is 19.0 Å². The normalized spacial score (nSPS) is 13.9. The van der Waals surface area contributed by atoms with Gasteiger partial charge in [-0.15, -0.1) is 0 Å². The first-order valence-corrected chi connectivity index (χ1v) is 8.79. The number of ether oxygens (including phenoxy) is 3. The van der Waals surface area contributed by atoms with Crippen LogP contribution in [0.15, 0.2) is 21.7 Å². The van der Waals surface area contributed by atoms with Crippen LogP contribution in [-0.4, -0.2) is 41.5 Å². The van der Waals surface area contributed by atoms with Gasteiger partial charge < -0.3 is 24.5 Å². The van der Waals surface area contributed by atoms with Gasteiger partial charge in [-0.05, 0) is 13.0 Å². The van der Waals surface area contributed by atoms with E-state index in [0.29, 0.717) is 47.1 Å². The lowest BCUT2D eigenvalue weighted by molar-refractivity contribution is -0.142. The first-order valence-electron chi connectivity index (χ1n) is 8.79. The van der Waals surface area contributed by atoms with Crippen molar-refractivity contribution in [2.24, 2.45) is 19.8 Å². The monoisotopic (exact) mass is 389 g/mol. The van der Waals surface area contributed by atoms with E-state index in [1.807, 2.05) is 0 Å². The predicted molar refractivity (Wildman–Crippen MR) is 102 cm³/mol. The van der Waals surface area contributed by atoms with Crippen LogP contribution in [0, 0.1) is 6.92 Å². The molecule has 0 unspecified atom stereocenters. The fraction of sp³-hybridized carbons (Fsp3) is 0.421. The van der Waals surface area contributed by atoms with E-state index in [9.17, 15) is 14.4 Å². The maximum absolute atomic E-state index is 12.8. The second-order valence-corrected chi connectivity index (χ2v) is 6.63. The number of esters is 1. The molecular weight excluding hydrogens is 366 g/mol. The number of nitrogens with two attached hydrogens (primary N) is 1. The highest BCUT2D eigenvalue weighted by Gasteiger charge is 2.27. The van der Waals surface area contributed by atoms with Crippen LogP contribution in [0.3, 0.4) is 0 Å². The second kappa shape index (κ2) is 7.51. The summed E-state index contributed by atoms with van der Waals surface area (Å²) in [5.41, 5.74) is 7.14. The molecule has 0 fully saturated rings. The van der Waals surface area contributed by atoms with E-state index in [1.165, 1.54) is 18.7 Å². The molecule has 1 aromatic carbocycles. The molecule has 2 aromatic rings. The average molecular weight is 389 g/mol. The molecule has 9 nitrogen and oxygen atoms in total. The number of nitrogens with zero attached hydrogens (tertiary/aromatic N) is 2. The molecule has 0 saturated heterocycles. The Morgan fingerprint density at radius 2 is 1.82 bits per heavy atom. The zero-order valence-corrected chi connectivity index (χ0v) is 16.3. The lowest BCUT2D eigenvalue weighted by Gasteiger charge is -2.25. The fourth-order valence-electron chi connectivity index (χ4n) is 3.28. The van der Waals surface area contributed by atoms with Gasteiger partial charge in [-0.2, -0.15) is 0 Å². The molecule has 28 heavy (non-hydrogen) atoms. The first-order chi connectivity index (χ1) is 13.3. The van der Waals surface area contributed by atoms with E-state index < -0.39 is 23.3 Å². The molecule has 1 aromatic heterocycles. The van der Waals surface area contributed by atoms with Crippen LogP contribution in [0.5, 0.6) is 11.5 Å². The van der Waals surface area contributed by atoms with E-state index in [1.54, 1.807) is 26.1 Å². The number of aromatic nitrogens is 2. The molecule has 0 saturated carbocycles. The summed E-state index contributed by atoms with van der Waals surface area (Å²) in [5, 5.41) is 0. The quantitative estimate of drug-likeness (QED) is 0.725. The first kappa shape index (κ1) is 19.7. The number of hydrogen-bond donors (Lipinski definition) is 1. The SMILES string of the molecule is COC(=O)[C@@H](N)Cc1ccc(-c2c(C)n(C)c(=O)n(C)c2=O)c2c1OCCO2. The van der Waals surface area contributed by atoms with Crippen molar-refractivity contribution in [2.75, 3.05) is 20.3 Å². The number of carbonyl (C=O) groups excluding carboxylic acids is 1. The largest absolute Gasteiger partial charge is 0.486 e. The molecule has 1 atom stereocenters. The van der Waals surface area contributed by atoms with Gasteiger partial charge in [0.25, 0.3) is 5.56 Å². The molecule has 0 spiro atoms. The van der Waals surface area contributed by atoms with Crippen molar-refractivity contribution in [3.63, 3.8) is 0 Å². The maximum Gasteiger partial charge on any atom is 0.330 e. The summed E-state index contributed by atoms with van der Waals surface area (Å²) in [4.78, 5) is 36.6. The van der Waals surface area contributed by atoms with Gasteiger partial charge in [0.2, 0.25) is 0 Å². The van der Waals surface area contributed by atoms with Gasteiger partial charge in [0, 0.05) is 37.3 Å². The zero-order chi connectivity index (χ0) is 20.6. The highest BCUT2D eigenvalue weighted by atomic mass is 16.6. The molecule has 0 radical (unpaired) electrons. The van der Waals surface area contributed by atoms with E-state index in [4.69, 9.17) is 15.2 Å². The maximum atomic E-state index is 12.8. The van der Waals surface area contributed by atoms with Crippen molar-refractivity contribution in [3.05, 3.63) is 44.2 Å². The van der Waals surface area contributed by atoms with Crippen LogP contribution in [0.2, 0.25) is 0 Å². The molecule has 2 N–H and O–H groups in total. The van der Waals surface area contributed by atoms with Gasteiger partial charge in [0.05, 0.1) is 12.7 Å². The zero-order valence-electron chi connectivity index (χ0n) is 16.3. The highest BCUT2D eigenvalue weighted by Crippen LogP contribution is 2.42. The minimum atomic E-state index is -0.849. The Morgan fingerprint density at radius 3 is 2.46 bits per heavy atom. The minimum absolute atomic E-state index is 0.197. The van der Waals surface area contributed by atoms with Crippen molar-refractivity contribution in [1.82, 2.24) is 9.13 Å². The van der Waals surface area contributed by atoms with Crippen molar-refractivity contribution in [3.8, 4) is 22.6 Å². The Labute approximate surface area is 161 Å². The van der Waals surface area contributed by atoms with Crippen molar-refractivity contribution in [1.29, 1.82) is 0 Å². The highest BCUT2D eigenvalue weighted by molar-refractivity contribution is 5.78. The van der Waals surface area contributed by atoms with E-state index in [2.05, 4.69) is 4.74 Å². The third-order valence-electron chi connectivity index (χ3n) is 4.94. The van der Waals surface area contributed by atoms with Crippen molar-refractivity contribution in [2.45, 2.75) is 19.4 Å². The van der Waals surface area contributed by atoms with Crippen LogP contribution >= 0.6 is 0 Å². The van der Waals surface area contributed by atoms with Gasteiger partial charge >= 0.3 is 11.7 Å². The molecule has 9 heteroatoms. The molecular formula is C19H23N3O6. The number of hydrogen-bond acceptors (Lipinski definition) is 7. The third kappa shape index (κ3) is 3.18. The number of benzene rings is 1. The average Bonchev–Trinajstić information content (AvgIpc) is 2.71. The van der Waals surface area contributed by atoms with Crippen LogP contribution in [0.25, 0.3) is 11.1 Å². The molecule has 1 aliphatic heterocycles. The summed E-state index contributed by atoms with van der Waals surface area (Å²) in [7, 11) is 4.31. The van der Waals surface area contributed by atoms with E-state index in [-0.39, 0.29) is 6.42 Å². The molecule has 150 valence electrons. The lowest BCUT2D eigenvalue weighted by Crippen LogP contribution is -2.39. The van der Waals surface area contributed by atoms with Gasteiger partial charge in [-0.25, -0.2) is 4.79 Å². The second-order valence-electron chi connectivity index (χ2n) is 6.63. The van der Waals surface area contributed by atoms with Crippen LogP contribution in [0.4, 0.5) is 0 Å². The molecule has 1 aliphatic rings. The number of methoxy groups -OCH3 is 1. The summed E-state index contributed by atoms with van der Waals surface area (Å²) < 4.78 is 18.7. The summed E-state index contributed by atoms with van der Waals surface area (Å²) in [6.45, 7) is 2.36. The van der Waals surface area contributed by atoms with Crippen LogP contribution in [-0.2, 0) is 30.0 Å². The summed E-state index contributed by atoms with van der Waals surface area (Å²) in [6, 6.07) is 2.62. The smallest absolute Gasteiger partial charge is 0.330 e. The standard InChI is InChI=1S/C19H23N3O6/c1-10-14(17(23)22(3)19(25)21(10)2)12-6-5-11(9-13(20)18(24)26-4)15-16(12)28-8-7-27-15/h5-6,13H,7-9,20H2,1-4H3/t13-/m0/s1. The fourth-order valence-corrected chi connectivity index (χ4v) is 3.28. The lowest BCUT2D eigenvalue weighted by atomic mass is 9.97. The van der Waals surface area contributed by atoms with Crippen LogP contribution in [0.1, 0.15) is 11.3 Å². The van der Waals surface area contributed by atoms with E-state index in [0.717, 1.165) is 4.57 Å². The summed E-state index contributed by atoms with van der Waals surface area (Å²) in [5.74, 6) is 0.315. The molecule has 2 heterocycles. The Kier molecular flexibility index (Phi) is 5.28. The van der Waals surface area contributed by atoms with Gasteiger partial charge in [-0.1, -0.05) is 6.07 Å². The van der Waals surface area contributed by atoms with Gasteiger partial charge in [0.15, 0.2) is 11.5 Å². The molecule has 0 aliphatic carbocycles. The Hall–Kier alpha value is -3.07. The Balaban J connectivity index is 2.20. The number of fused-ring (bicyclic) bond motifs is 1. The Bertz CT molecular complexity index is 1050. The Morgan fingerprint density at radius 1 is 1.18 bits per heavy atom. The minimum Gasteiger partial charge on any atom is -0.486 e. The van der Waals surface area contributed by atoms with Crippen LogP contribution < -0.4 is 26.5 Å². The van der Waals surface area contributed by atoms with Gasteiger partial charge in [-0.3, -0.25) is 14.2 Å².